The fourth-order valence-electron chi connectivity index (χ4n) is 4.22. The van der Waals surface area contributed by atoms with Crippen LogP contribution in [0.15, 0.2) is 36.0 Å². The van der Waals surface area contributed by atoms with E-state index in [1.54, 1.807) is 13.3 Å². The van der Waals surface area contributed by atoms with Gasteiger partial charge < -0.3 is 10.1 Å². The van der Waals surface area contributed by atoms with E-state index >= 15 is 0 Å². The Balaban J connectivity index is 1.54. The Kier molecular flexibility index (Phi) is 4.72. The zero-order valence-electron chi connectivity index (χ0n) is 14.4. The Labute approximate surface area is 152 Å². The fourth-order valence-corrected chi connectivity index (χ4v) is 4.98. The zero-order chi connectivity index (χ0) is 17.2. The average molecular weight is 357 g/mol. The number of ether oxygens (including phenoxy) is 1. The second kappa shape index (κ2) is 7.14. The summed E-state index contributed by atoms with van der Waals surface area (Å²) in [6.45, 7) is 2.26. The first-order chi connectivity index (χ1) is 12.3. The largest absolute Gasteiger partial charge is 0.495 e. The highest BCUT2D eigenvalue weighted by Gasteiger charge is 2.43. The minimum absolute atomic E-state index is 0.0122. The van der Waals surface area contributed by atoms with Crippen LogP contribution in [0.25, 0.3) is 0 Å². The fraction of sp³-hybridized carbons (Fsp3) is 0.474. The summed E-state index contributed by atoms with van der Waals surface area (Å²) in [6.07, 6.45) is 6.99. The second-order valence-corrected chi connectivity index (χ2v) is 7.74. The molecule has 2 aromatic heterocycles. The first kappa shape index (κ1) is 16.5. The number of fused-ring (bicyclic) bond motifs is 3. The molecule has 3 fully saturated rings. The molecular weight excluding hydrogens is 334 g/mol. The lowest BCUT2D eigenvalue weighted by molar-refractivity contribution is 0.0136. The molecule has 3 aliphatic heterocycles. The van der Waals surface area contributed by atoms with Crippen LogP contribution >= 0.6 is 11.3 Å². The Hall–Kier alpha value is -1.92. The van der Waals surface area contributed by atoms with Crippen LogP contribution in [0.1, 0.15) is 28.1 Å². The van der Waals surface area contributed by atoms with Crippen molar-refractivity contribution in [2.45, 2.75) is 31.3 Å². The van der Waals surface area contributed by atoms with Crippen LogP contribution in [-0.4, -0.2) is 48.1 Å². The highest BCUT2D eigenvalue weighted by Crippen LogP contribution is 2.34. The van der Waals surface area contributed by atoms with E-state index in [1.165, 1.54) is 16.9 Å². The van der Waals surface area contributed by atoms with Crippen LogP contribution in [0.4, 0.5) is 0 Å². The van der Waals surface area contributed by atoms with Gasteiger partial charge in [0.2, 0.25) is 0 Å². The number of piperidine rings is 3. The van der Waals surface area contributed by atoms with Crippen molar-refractivity contribution in [3.05, 3.63) is 46.4 Å². The normalized spacial score (nSPS) is 27.9. The van der Waals surface area contributed by atoms with Crippen LogP contribution in [0.3, 0.4) is 0 Å². The van der Waals surface area contributed by atoms with Crippen LogP contribution in [0.5, 0.6) is 5.75 Å². The molecule has 5 rings (SSSR count). The number of carbonyl (C=O) groups is 1. The lowest BCUT2D eigenvalue weighted by atomic mass is 9.77. The molecule has 6 heteroatoms. The summed E-state index contributed by atoms with van der Waals surface area (Å²) < 4.78 is 5.31. The number of methoxy groups -OCH3 is 1. The Morgan fingerprint density at radius 3 is 2.96 bits per heavy atom. The summed E-state index contributed by atoms with van der Waals surface area (Å²) in [5.41, 5.74) is 1.23. The minimum atomic E-state index is -0.0122. The van der Waals surface area contributed by atoms with E-state index in [2.05, 4.69) is 21.3 Å². The molecule has 5 heterocycles. The number of amides is 1. The number of carbonyl (C=O) groups excluding carboxylic acids is 1. The number of hydrogen-bond acceptors (Lipinski definition) is 5. The van der Waals surface area contributed by atoms with E-state index in [1.807, 2.05) is 23.7 Å². The van der Waals surface area contributed by atoms with Gasteiger partial charge in [0.05, 0.1) is 7.11 Å². The summed E-state index contributed by atoms with van der Waals surface area (Å²) in [7, 11) is 1.61. The van der Waals surface area contributed by atoms with Gasteiger partial charge in [-0.2, -0.15) is 0 Å². The predicted molar refractivity (Wildman–Crippen MR) is 98.2 cm³/mol. The first-order valence-electron chi connectivity index (χ1n) is 8.81. The second-order valence-electron chi connectivity index (χ2n) is 6.82. The van der Waals surface area contributed by atoms with Crippen LogP contribution < -0.4 is 10.1 Å². The number of aromatic nitrogens is 1. The lowest BCUT2D eigenvalue weighted by Crippen LogP contribution is -2.64. The molecule has 1 N–H and O–H groups in total. The monoisotopic (exact) mass is 357 g/mol. The van der Waals surface area contributed by atoms with Crippen molar-refractivity contribution in [3.63, 3.8) is 0 Å². The summed E-state index contributed by atoms with van der Waals surface area (Å²) in [5.74, 6) is 1.20. The summed E-state index contributed by atoms with van der Waals surface area (Å²) in [5, 5.41) is 5.23. The molecule has 0 radical (unpaired) electrons. The smallest absolute Gasteiger partial charge is 0.265 e. The van der Waals surface area contributed by atoms with Gasteiger partial charge in [-0.25, -0.2) is 0 Å². The molecule has 2 atom stereocenters. The molecule has 132 valence electrons. The van der Waals surface area contributed by atoms with E-state index in [0.29, 0.717) is 22.6 Å². The molecule has 2 bridgehead atoms. The van der Waals surface area contributed by atoms with E-state index in [9.17, 15) is 4.79 Å². The zero-order valence-corrected chi connectivity index (χ0v) is 15.2. The molecule has 0 saturated carbocycles. The van der Waals surface area contributed by atoms with E-state index in [0.717, 1.165) is 32.4 Å². The Morgan fingerprint density at radius 2 is 2.24 bits per heavy atom. The number of pyridine rings is 1. The molecule has 25 heavy (non-hydrogen) atoms. The van der Waals surface area contributed by atoms with Crippen molar-refractivity contribution < 1.29 is 9.53 Å². The molecule has 0 spiro atoms. The molecule has 3 aliphatic rings. The summed E-state index contributed by atoms with van der Waals surface area (Å²) in [4.78, 5) is 20.3. The van der Waals surface area contributed by atoms with Gasteiger partial charge in [0.1, 0.15) is 10.6 Å². The number of nitrogens with zero attached hydrogens (tertiary/aromatic N) is 2. The van der Waals surface area contributed by atoms with Gasteiger partial charge >= 0.3 is 0 Å². The minimum Gasteiger partial charge on any atom is -0.495 e. The van der Waals surface area contributed by atoms with Crippen molar-refractivity contribution in [1.82, 2.24) is 15.2 Å². The van der Waals surface area contributed by atoms with Crippen LogP contribution in [-0.2, 0) is 6.42 Å². The Morgan fingerprint density at radius 1 is 1.40 bits per heavy atom. The highest BCUT2D eigenvalue weighted by molar-refractivity contribution is 7.12. The van der Waals surface area contributed by atoms with E-state index in [-0.39, 0.29) is 11.9 Å². The highest BCUT2D eigenvalue weighted by atomic mass is 32.1. The molecule has 5 nitrogen and oxygen atoms in total. The Bertz CT molecular complexity index is 725. The topological polar surface area (TPSA) is 54.5 Å². The molecule has 2 unspecified atom stereocenters. The molecule has 3 saturated heterocycles. The molecular formula is C19H23N3O2S. The molecule has 0 aliphatic carbocycles. The maximum Gasteiger partial charge on any atom is 0.265 e. The molecule has 1 amide bonds. The van der Waals surface area contributed by atoms with Crippen LogP contribution in [0.2, 0.25) is 0 Å². The summed E-state index contributed by atoms with van der Waals surface area (Å²) >= 11 is 1.44. The van der Waals surface area contributed by atoms with Gasteiger partial charge in [-0.1, -0.05) is 6.07 Å². The molecule has 0 aromatic carbocycles. The van der Waals surface area contributed by atoms with Gasteiger partial charge in [-0.15, -0.1) is 11.3 Å². The van der Waals surface area contributed by atoms with Crippen LogP contribution in [0, 0.1) is 5.92 Å². The number of nitrogens with one attached hydrogen (secondary N) is 1. The third kappa shape index (κ3) is 3.28. The maximum atomic E-state index is 12.8. The SMILES string of the molecule is COc1ccsc1C(=O)NC1C2CCN(CC2)C1Cc1cccnc1. The molecule has 2 aromatic rings. The van der Waals surface area contributed by atoms with Gasteiger partial charge in [-0.05, 0) is 61.3 Å². The van der Waals surface area contributed by atoms with Gasteiger partial charge in [0.15, 0.2) is 0 Å². The lowest BCUT2D eigenvalue weighted by Gasteiger charge is -2.51. The third-order valence-electron chi connectivity index (χ3n) is 5.49. The number of thiophene rings is 1. The van der Waals surface area contributed by atoms with Gasteiger partial charge in [0.25, 0.3) is 5.91 Å². The van der Waals surface area contributed by atoms with E-state index in [4.69, 9.17) is 4.74 Å². The predicted octanol–water partition coefficient (Wildman–Crippen LogP) is 2.59. The van der Waals surface area contributed by atoms with Crippen molar-refractivity contribution in [3.8, 4) is 5.75 Å². The van der Waals surface area contributed by atoms with Gasteiger partial charge in [-0.3, -0.25) is 14.7 Å². The summed E-state index contributed by atoms with van der Waals surface area (Å²) in [6, 6.07) is 6.48. The number of hydrogen-bond donors (Lipinski definition) is 1. The van der Waals surface area contributed by atoms with Crippen molar-refractivity contribution in [2.75, 3.05) is 20.2 Å². The first-order valence-corrected chi connectivity index (χ1v) is 9.69. The van der Waals surface area contributed by atoms with Crippen molar-refractivity contribution >= 4 is 17.2 Å². The van der Waals surface area contributed by atoms with Crippen molar-refractivity contribution in [1.29, 1.82) is 0 Å². The van der Waals surface area contributed by atoms with Crippen molar-refractivity contribution in [2.24, 2.45) is 5.92 Å². The third-order valence-corrected chi connectivity index (χ3v) is 6.38. The average Bonchev–Trinajstić information content (AvgIpc) is 3.14. The van der Waals surface area contributed by atoms with Gasteiger partial charge in [0, 0.05) is 24.5 Å². The maximum absolute atomic E-state index is 12.8. The van der Waals surface area contributed by atoms with E-state index < -0.39 is 0 Å². The quantitative estimate of drug-likeness (QED) is 0.894. The standard InChI is InChI=1S/C19H23N3O2S/c1-24-16-6-10-25-18(16)19(23)21-17-14-4-8-22(9-5-14)15(17)11-13-3-2-7-20-12-13/h2-3,6-7,10,12,14-15,17H,4-5,8-9,11H2,1H3,(H,21,23). The number of rotatable bonds is 5.